The van der Waals surface area contributed by atoms with E-state index in [1.54, 1.807) is 0 Å². The van der Waals surface area contributed by atoms with E-state index in [2.05, 4.69) is 168 Å². The second-order valence-electron chi connectivity index (χ2n) is 12.1. The molecule has 0 saturated carbocycles. The summed E-state index contributed by atoms with van der Waals surface area (Å²) >= 11 is 1.92. The van der Waals surface area contributed by atoms with E-state index >= 15 is 0 Å². The monoisotopic (exact) mass is 601 g/mol. The Morgan fingerprint density at radius 2 is 1.11 bits per heavy atom. The van der Waals surface area contributed by atoms with Crippen LogP contribution in [-0.2, 0) is 0 Å². The van der Waals surface area contributed by atoms with Gasteiger partial charge in [0.2, 0.25) is 0 Å². The zero-order valence-electron chi connectivity index (χ0n) is 24.9. The number of thiophene rings is 1. The van der Waals surface area contributed by atoms with Crippen molar-refractivity contribution in [3.05, 3.63) is 164 Å². The number of hydrogen-bond acceptors (Lipinski definition) is 1. The van der Waals surface area contributed by atoms with Gasteiger partial charge in [-0.05, 0) is 63.4 Å². The first kappa shape index (κ1) is 25.6. The Bertz CT molecular complexity index is 2780. The maximum atomic E-state index is 2.50. The van der Waals surface area contributed by atoms with Gasteiger partial charge in [0, 0.05) is 47.4 Å². The summed E-state index contributed by atoms with van der Waals surface area (Å²) in [4.78, 5) is 0. The van der Waals surface area contributed by atoms with Crippen LogP contribution < -0.4 is 0 Å². The third kappa shape index (κ3) is 3.68. The number of para-hydroxylation sites is 1. The van der Waals surface area contributed by atoms with E-state index in [1.165, 1.54) is 91.5 Å². The van der Waals surface area contributed by atoms with Crippen LogP contribution in [0.15, 0.2) is 164 Å². The molecule has 8 aromatic carbocycles. The summed E-state index contributed by atoms with van der Waals surface area (Å²) in [6.45, 7) is 0. The number of nitrogens with zero attached hydrogens (tertiary/aromatic N) is 1. The number of aromatic nitrogens is 1. The van der Waals surface area contributed by atoms with Crippen LogP contribution in [-0.4, -0.2) is 4.57 Å². The second kappa shape index (κ2) is 9.90. The largest absolute Gasteiger partial charge is 0.309 e. The number of benzene rings is 8. The summed E-state index contributed by atoms with van der Waals surface area (Å²) in [6, 6.07) is 60.0. The summed E-state index contributed by atoms with van der Waals surface area (Å²) in [5, 5.41) is 10.4. The van der Waals surface area contributed by atoms with Crippen LogP contribution in [0.25, 0.3) is 91.5 Å². The molecule has 1 nitrogen and oxygen atoms in total. The highest BCUT2D eigenvalue weighted by molar-refractivity contribution is 7.27. The van der Waals surface area contributed by atoms with Crippen molar-refractivity contribution in [3.8, 4) is 27.9 Å². The molecule has 0 radical (unpaired) electrons. The minimum absolute atomic E-state index is 1.17. The van der Waals surface area contributed by atoms with E-state index in [4.69, 9.17) is 0 Å². The number of hydrogen-bond donors (Lipinski definition) is 0. The van der Waals surface area contributed by atoms with Crippen LogP contribution >= 0.6 is 11.3 Å². The molecule has 2 heteroatoms. The van der Waals surface area contributed by atoms with Gasteiger partial charge in [-0.1, -0.05) is 133 Å². The van der Waals surface area contributed by atoms with E-state index < -0.39 is 0 Å². The second-order valence-corrected chi connectivity index (χ2v) is 13.1. The molecule has 46 heavy (non-hydrogen) atoms. The van der Waals surface area contributed by atoms with Crippen molar-refractivity contribution in [2.24, 2.45) is 0 Å². The Morgan fingerprint density at radius 3 is 1.96 bits per heavy atom. The molecule has 10 rings (SSSR count). The van der Waals surface area contributed by atoms with Gasteiger partial charge >= 0.3 is 0 Å². The van der Waals surface area contributed by atoms with Crippen molar-refractivity contribution in [2.75, 3.05) is 0 Å². The van der Waals surface area contributed by atoms with Crippen LogP contribution in [0.3, 0.4) is 0 Å². The molecular weight excluding hydrogens is 575 g/mol. The van der Waals surface area contributed by atoms with Gasteiger partial charge in [0.05, 0.1) is 11.0 Å². The highest BCUT2D eigenvalue weighted by Crippen LogP contribution is 2.49. The average Bonchev–Trinajstić information content (AvgIpc) is 3.68. The third-order valence-electron chi connectivity index (χ3n) is 9.56. The lowest BCUT2D eigenvalue weighted by Crippen LogP contribution is -1.94. The van der Waals surface area contributed by atoms with Crippen molar-refractivity contribution in [3.63, 3.8) is 0 Å². The van der Waals surface area contributed by atoms with Crippen molar-refractivity contribution < 1.29 is 0 Å². The van der Waals surface area contributed by atoms with Gasteiger partial charge in [0.15, 0.2) is 0 Å². The summed E-state index contributed by atoms with van der Waals surface area (Å²) < 4.78 is 5.17. The quantitative estimate of drug-likeness (QED) is 0.190. The molecule has 0 saturated heterocycles. The van der Waals surface area contributed by atoms with E-state index in [1.807, 2.05) is 11.3 Å². The highest BCUT2D eigenvalue weighted by atomic mass is 32.1. The Kier molecular flexibility index (Phi) is 5.51. The molecule has 0 amide bonds. The van der Waals surface area contributed by atoms with E-state index in [0.29, 0.717) is 0 Å². The molecule has 0 aliphatic heterocycles. The Morgan fingerprint density at radius 1 is 0.413 bits per heavy atom. The SMILES string of the molecule is c1ccc(-c2ccc3c4c5c6cc(-c7cccc8ccccc78)ccc6sc5c5ccccc5c4n(-c4ccccc4)c3c2)cc1. The van der Waals surface area contributed by atoms with Crippen molar-refractivity contribution >= 4 is 74.9 Å². The first-order valence-corrected chi connectivity index (χ1v) is 16.6. The third-order valence-corrected chi connectivity index (χ3v) is 10.8. The fourth-order valence-electron chi connectivity index (χ4n) is 7.52. The maximum Gasteiger partial charge on any atom is 0.0626 e. The maximum absolute atomic E-state index is 2.50. The fourth-order valence-corrected chi connectivity index (χ4v) is 8.75. The fraction of sp³-hybridized carbons (Fsp3) is 0. The molecule has 0 fully saturated rings. The van der Waals surface area contributed by atoms with Gasteiger partial charge in [-0.2, -0.15) is 0 Å². The summed E-state index contributed by atoms with van der Waals surface area (Å²) in [6.07, 6.45) is 0. The topological polar surface area (TPSA) is 4.93 Å². The van der Waals surface area contributed by atoms with Gasteiger partial charge in [-0.15, -0.1) is 11.3 Å². The minimum atomic E-state index is 1.17. The molecule has 0 aliphatic rings. The summed E-state index contributed by atoms with van der Waals surface area (Å²) in [5.74, 6) is 0. The smallest absolute Gasteiger partial charge is 0.0626 e. The lowest BCUT2D eigenvalue weighted by molar-refractivity contribution is 1.19. The zero-order valence-corrected chi connectivity index (χ0v) is 25.8. The first-order chi connectivity index (χ1) is 22.8. The first-order valence-electron chi connectivity index (χ1n) is 15.8. The van der Waals surface area contributed by atoms with Crippen LogP contribution in [0.2, 0.25) is 0 Å². The summed E-state index contributed by atoms with van der Waals surface area (Å²) in [5.41, 5.74) is 8.65. The predicted octanol–water partition coefficient (Wildman–Crippen LogP) is 12.8. The molecule has 10 aromatic rings. The van der Waals surface area contributed by atoms with Crippen molar-refractivity contribution in [1.82, 2.24) is 4.57 Å². The molecule has 0 aliphatic carbocycles. The molecule has 0 unspecified atom stereocenters. The molecule has 214 valence electrons. The summed E-state index contributed by atoms with van der Waals surface area (Å²) in [7, 11) is 0. The average molecular weight is 602 g/mol. The molecule has 2 heterocycles. The van der Waals surface area contributed by atoms with E-state index in [9.17, 15) is 0 Å². The molecule has 0 bridgehead atoms. The number of fused-ring (bicyclic) bond motifs is 11. The highest BCUT2D eigenvalue weighted by Gasteiger charge is 2.22. The van der Waals surface area contributed by atoms with Crippen LogP contribution in [0.4, 0.5) is 0 Å². The van der Waals surface area contributed by atoms with Crippen LogP contribution in [0.5, 0.6) is 0 Å². The van der Waals surface area contributed by atoms with Gasteiger partial charge in [0.25, 0.3) is 0 Å². The lowest BCUT2D eigenvalue weighted by atomic mass is 9.95. The van der Waals surface area contributed by atoms with E-state index in [0.717, 1.165) is 0 Å². The Balaban J connectivity index is 1.40. The molecule has 0 spiro atoms. The lowest BCUT2D eigenvalue weighted by Gasteiger charge is -2.11. The van der Waals surface area contributed by atoms with Gasteiger partial charge in [0.1, 0.15) is 0 Å². The standard InChI is InChI=1S/C44H27NS/c1-3-12-28(13-4-1)30-22-24-37-39(27-30)45(32-16-5-2-6-17-32)43-35-19-9-10-20-36(35)44-42(41(37)43)38-26-31(23-25-40(38)46-44)34-21-11-15-29-14-7-8-18-33(29)34/h1-27H. The van der Waals surface area contributed by atoms with Crippen LogP contribution in [0.1, 0.15) is 0 Å². The molecule has 0 atom stereocenters. The van der Waals surface area contributed by atoms with Gasteiger partial charge < -0.3 is 4.57 Å². The Labute approximate surface area is 270 Å². The normalized spacial score (nSPS) is 11.9. The Hall–Kier alpha value is -5.70. The molecule has 0 N–H and O–H groups in total. The zero-order chi connectivity index (χ0) is 30.2. The van der Waals surface area contributed by atoms with Gasteiger partial charge in [-0.25, -0.2) is 0 Å². The van der Waals surface area contributed by atoms with E-state index in [-0.39, 0.29) is 0 Å². The van der Waals surface area contributed by atoms with Crippen molar-refractivity contribution in [1.29, 1.82) is 0 Å². The van der Waals surface area contributed by atoms with Crippen molar-refractivity contribution in [2.45, 2.75) is 0 Å². The minimum Gasteiger partial charge on any atom is -0.309 e. The molecular formula is C44H27NS. The van der Waals surface area contributed by atoms with Gasteiger partial charge in [-0.3, -0.25) is 0 Å². The number of rotatable bonds is 3. The predicted molar refractivity (Wildman–Crippen MR) is 200 cm³/mol. The van der Waals surface area contributed by atoms with Crippen LogP contribution in [0, 0.1) is 0 Å². The molecule has 2 aromatic heterocycles.